The van der Waals surface area contributed by atoms with Gasteiger partial charge in [-0.2, -0.15) is 0 Å². The Balaban J connectivity index is 1.58. The van der Waals surface area contributed by atoms with E-state index < -0.39 is 0 Å². The van der Waals surface area contributed by atoms with E-state index in [2.05, 4.69) is 56.4 Å². The lowest BCUT2D eigenvalue weighted by Gasteiger charge is -2.26. The molecular weight excluding hydrogens is 331 g/mol. The molecule has 2 unspecified atom stereocenters. The Hall–Kier alpha value is -2.67. The summed E-state index contributed by atoms with van der Waals surface area (Å²) in [6.07, 6.45) is 13.4. The topological polar surface area (TPSA) is 0 Å². The Morgan fingerprint density at radius 2 is 1.89 bits per heavy atom. The van der Waals surface area contributed by atoms with Crippen molar-refractivity contribution in [3.8, 4) is 0 Å². The predicted molar refractivity (Wildman–Crippen MR) is 112 cm³/mol. The molecule has 0 radical (unpaired) electrons. The summed E-state index contributed by atoms with van der Waals surface area (Å²) >= 11 is 0. The second-order valence-electron chi connectivity index (χ2n) is 7.99. The Kier molecular flexibility index (Phi) is 3.79. The van der Waals surface area contributed by atoms with Gasteiger partial charge in [0, 0.05) is 5.92 Å². The molecule has 3 aliphatic carbocycles. The molecule has 0 fully saturated rings. The van der Waals surface area contributed by atoms with Crippen LogP contribution in [0.3, 0.4) is 0 Å². The molecule has 5 rings (SSSR count). The monoisotopic (exact) mass is 354 g/mol. The molecule has 1 heteroatoms. The zero-order chi connectivity index (χ0) is 18.5. The van der Waals surface area contributed by atoms with Gasteiger partial charge in [-0.1, -0.05) is 78.8 Å². The Labute approximate surface area is 159 Å². The molecule has 2 atom stereocenters. The fourth-order valence-electron chi connectivity index (χ4n) is 4.64. The van der Waals surface area contributed by atoms with Crippen LogP contribution >= 0.6 is 0 Å². The van der Waals surface area contributed by atoms with Crippen LogP contribution in [0.1, 0.15) is 49.3 Å². The van der Waals surface area contributed by atoms with Gasteiger partial charge >= 0.3 is 0 Å². The minimum atomic E-state index is -0.101. The summed E-state index contributed by atoms with van der Waals surface area (Å²) < 4.78 is 14.2. The van der Waals surface area contributed by atoms with Crippen molar-refractivity contribution in [1.82, 2.24) is 0 Å². The number of rotatable bonds is 1. The molecule has 2 aromatic rings. The van der Waals surface area contributed by atoms with Gasteiger partial charge in [-0.3, -0.25) is 0 Å². The van der Waals surface area contributed by atoms with Gasteiger partial charge in [-0.05, 0) is 64.5 Å². The molecule has 0 spiro atoms. The number of fused-ring (bicyclic) bond motifs is 4. The lowest BCUT2D eigenvalue weighted by Crippen LogP contribution is -2.34. The zero-order valence-corrected chi connectivity index (χ0v) is 15.8. The van der Waals surface area contributed by atoms with Crippen molar-refractivity contribution in [1.29, 1.82) is 0 Å². The van der Waals surface area contributed by atoms with Crippen LogP contribution in [0.2, 0.25) is 0 Å². The maximum atomic E-state index is 14.2. The van der Waals surface area contributed by atoms with E-state index >= 15 is 0 Å². The van der Waals surface area contributed by atoms with E-state index in [1.54, 1.807) is 12.1 Å². The molecule has 0 N–H and O–H groups in total. The van der Waals surface area contributed by atoms with Gasteiger partial charge in [0.1, 0.15) is 5.82 Å². The number of allylic oxidation sites excluding steroid dienone is 5. The summed E-state index contributed by atoms with van der Waals surface area (Å²) in [4.78, 5) is 0. The van der Waals surface area contributed by atoms with Crippen LogP contribution in [-0.4, -0.2) is 0 Å². The average Bonchev–Trinajstić information content (AvgIpc) is 2.68. The molecule has 27 heavy (non-hydrogen) atoms. The van der Waals surface area contributed by atoms with Gasteiger partial charge in [-0.25, -0.2) is 4.39 Å². The third kappa shape index (κ3) is 2.65. The van der Waals surface area contributed by atoms with E-state index in [0.717, 1.165) is 18.4 Å². The summed E-state index contributed by atoms with van der Waals surface area (Å²) in [5.41, 5.74) is 7.65. The second-order valence-corrected chi connectivity index (χ2v) is 7.99. The number of hydrogen-bond acceptors (Lipinski definition) is 0. The van der Waals surface area contributed by atoms with Crippen LogP contribution in [0, 0.1) is 11.7 Å². The van der Waals surface area contributed by atoms with Crippen LogP contribution in [-0.2, 0) is 0 Å². The molecular formula is C26H23F. The first kappa shape index (κ1) is 16.5. The smallest absolute Gasteiger partial charge is 0.127 e. The predicted octanol–water partition coefficient (Wildman–Crippen LogP) is 5.34. The van der Waals surface area contributed by atoms with Crippen molar-refractivity contribution < 1.29 is 4.39 Å². The Bertz CT molecular complexity index is 1160. The van der Waals surface area contributed by atoms with E-state index in [-0.39, 0.29) is 11.7 Å². The van der Waals surface area contributed by atoms with E-state index in [9.17, 15) is 4.39 Å². The normalized spacial score (nSPS) is 22.9. The Morgan fingerprint density at radius 3 is 2.74 bits per heavy atom. The van der Waals surface area contributed by atoms with Gasteiger partial charge in [0.15, 0.2) is 0 Å². The molecule has 0 aliphatic heterocycles. The maximum absolute atomic E-state index is 14.2. The number of halogens is 1. The fourth-order valence-corrected chi connectivity index (χ4v) is 4.64. The number of hydrogen-bond donors (Lipinski definition) is 0. The van der Waals surface area contributed by atoms with Gasteiger partial charge in [-0.15, -0.1) is 0 Å². The third-order valence-electron chi connectivity index (χ3n) is 6.33. The highest BCUT2D eigenvalue weighted by Gasteiger charge is 2.23. The van der Waals surface area contributed by atoms with E-state index in [1.807, 2.05) is 12.1 Å². The summed E-state index contributed by atoms with van der Waals surface area (Å²) in [7, 11) is 0. The first-order chi connectivity index (χ1) is 13.1. The standard InChI is InChI=1S/C26H23F/c1-16-13-18-8-11-23-21-10-7-20(22-5-3-4-6-26(22)27)15-19(21)9-12-24(23)25(18)14-17(16)2/h3-8,10-14,17,20H,9,15H2,1-2H3. The van der Waals surface area contributed by atoms with E-state index in [0.29, 0.717) is 5.92 Å². The largest absolute Gasteiger partial charge is 0.207 e. The molecule has 0 nitrogen and oxygen atoms in total. The second kappa shape index (κ2) is 6.20. The van der Waals surface area contributed by atoms with Crippen molar-refractivity contribution in [3.63, 3.8) is 0 Å². The summed E-state index contributed by atoms with van der Waals surface area (Å²) in [6, 6.07) is 11.7. The van der Waals surface area contributed by atoms with E-state index in [4.69, 9.17) is 0 Å². The highest BCUT2D eigenvalue weighted by molar-refractivity contribution is 5.83. The molecule has 0 heterocycles. The zero-order valence-electron chi connectivity index (χ0n) is 15.8. The number of benzene rings is 2. The van der Waals surface area contributed by atoms with Gasteiger partial charge in [0.25, 0.3) is 0 Å². The van der Waals surface area contributed by atoms with Gasteiger partial charge in [0.2, 0.25) is 0 Å². The molecule has 2 aromatic carbocycles. The van der Waals surface area contributed by atoms with Gasteiger partial charge in [0.05, 0.1) is 0 Å². The summed E-state index contributed by atoms with van der Waals surface area (Å²) in [6.45, 7) is 4.47. The van der Waals surface area contributed by atoms with Crippen LogP contribution in [0.4, 0.5) is 4.39 Å². The van der Waals surface area contributed by atoms with Crippen molar-refractivity contribution >= 4 is 23.8 Å². The molecule has 0 saturated carbocycles. The molecule has 0 bridgehead atoms. The molecule has 3 aliphatic rings. The SMILES string of the molecule is CC1=Cc2ccc3c(c2=CC1C)=CCC1=C3C=CC(c2ccccc2F)C1. The average molecular weight is 354 g/mol. The van der Waals surface area contributed by atoms with Crippen molar-refractivity contribution in [2.45, 2.75) is 32.6 Å². The molecule has 0 amide bonds. The van der Waals surface area contributed by atoms with Crippen LogP contribution in [0.15, 0.2) is 59.7 Å². The minimum Gasteiger partial charge on any atom is -0.207 e. The van der Waals surface area contributed by atoms with Crippen LogP contribution in [0.5, 0.6) is 0 Å². The van der Waals surface area contributed by atoms with Crippen molar-refractivity contribution in [3.05, 3.63) is 92.6 Å². The summed E-state index contributed by atoms with van der Waals surface area (Å²) in [5.74, 6) is 0.519. The van der Waals surface area contributed by atoms with Gasteiger partial charge < -0.3 is 0 Å². The van der Waals surface area contributed by atoms with Crippen LogP contribution in [0.25, 0.3) is 23.8 Å². The highest BCUT2D eigenvalue weighted by Crippen LogP contribution is 2.38. The Morgan fingerprint density at radius 1 is 1.04 bits per heavy atom. The van der Waals surface area contributed by atoms with Crippen molar-refractivity contribution in [2.24, 2.45) is 5.92 Å². The third-order valence-corrected chi connectivity index (χ3v) is 6.33. The maximum Gasteiger partial charge on any atom is 0.127 e. The quantitative estimate of drug-likeness (QED) is 0.648. The lowest BCUT2D eigenvalue weighted by atomic mass is 9.78. The van der Waals surface area contributed by atoms with E-state index in [1.165, 1.54) is 38.3 Å². The fraction of sp³-hybridized carbons (Fsp3) is 0.231. The first-order valence-corrected chi connectivity index (χ1v) is 9.80. The van der Waals surface area contributed by atoms with Crippen molar-refractivity contribution in [2.75, 3.05) is 0 Å². The summed E-state index contributed by atoms with van der Waals surface area (Å²) in [5, 5.41) is 2.75. The minimum absolute atomic E-state index is 0.101. The molecule has 0 aromatic heterocycles. The lowest BCUT2D eigenvalue weighted by molar-refractivity contribution is 0.596. The highest BCUT2D eigenvalue weighted by atomic mass is 19.1. The molecule has 0 saturated heterocycles. The molecule has 134 valence electrons. The first-order valence-electron chi connectivity index (χ1n) is 9.80. The van der Waals surface area contributed by atoms with Crippen LogP contribution < -0.4 is 10.4 Å².